The summed E-state index contributed by atoms with van der Waals surface area (Å²) in [4.78, 5) is 13.4. The van der Waals surface area contributed by atoms with Gasteiger partial charge in [0.2, 0.25) is 0 Å². The standard InChI is InChI=1S/C36H56O2/c1-23(2)9-7-11-25(4)30-15-16-31-28-14-13-27-21-34(38)29(33(37)20-26-12-8-10-24(3)19-26)22-36(27,6)32(28)17-18-35(30,31)5/h8,10,12,19,23,25,27-33,37H,7,9,11,13-18,20-22H2,1-6H3. The van der Waals surface area contributed by atoms with Crippen LogP contribution >= 0.6 is 0 Å². The fourth-order valence-electron chi connectivity index (χ4n) is 10.8. The molecule has 0 bridgehead atoms. The van der Waals surface area contributed by atoms with E-state index in [1.54, 1.807) is 0 Å². The van der Waals surface area contributed by atoms with Crippen molar-refractivity contribution in [3.05, 3.63) is 35.4 Å². The molecule has 1 aromatic rings. The van der Waals surface area contributed by atoms with Crippen molar-refractivity contribution in [1.82, 2.24) is 0 Å². The number of aliphatic hydroxyl groups excluding tert-OH is 1. The molecule has 0 aliphatic heterocycles. The van der Waals surface area contributed by atoms with Crippen LogP contribution in [0.1, 0.15) is 116 Å². The zero-order chi connectivity index (χ0) is 27.2. The number of benzene rings is 1. The van der Waals surface area contributed by atoms with Gasteiger partial charge in [0.15, 0.2) is 0 Å². The van der Waals surface area contributed by atoms with E-state index in [0.29, 0.717) is 30.0 Å². The van der Waals surface area contributed by atoms with Crippen LogP contribution in [0.5, 0.6) is 0 Å². The van der Waals surface area contributed by atoms with Crippen LogP contribution in [0.2, 0.25) is 0 Å². The van der Waals surface area contributed by atoms with Gasteiger partial charge in [0.25, 0.3) is 0 Å². The van der Waals surface area contributed by atoms with Gasteiger partial charge in [-0.15, -0.1) is 0 Å². The molecule has 4 fully saturated rings. The van der Waals surface area contributed by atoms with Gasteiger partial charge in [0.05, 0.1) is 6.10 Å². The number of carbonyl (C=O) groups excluding carboxylic acids is 1. The molecule has 212 valence electrons. The van der Waals surface area contributed by atoms with E-state index in [4.69, 9.17) is 0 Å². The van der Waals surface area contributed by atoms with Crippen molar-refractivity contribution < 1.29 is 9.90 Å². The molecule has 10 atom stereocenters. The number of carbonyl (C=O) groups is 1. The number of rotatable bonds is 8. The molecule has 0 amide bonds. The van der Waals surface area contributed by atoms with Crippen molar-refractivity contribution in [3.63, 3.8) is 0 Å². The second-order valence-electron chi connectivity index (χ2n) is 15.4. The van der Waals surface area contributed by atoms with E-state index < -0.39 is 6.10 Å². The van der Waals surface area contributed by atoms with E-state index in [-0.39, 0.29) is 11.3 Å². The highest BCUT2D eigenvalue weighted by molar-refractivity contribution is 5.83. The van der Waals surface area contributed by atoms with E-state index in [9.17, 15) is 9.90 Å². The van der Waals surface area contributed by atoms with Gasteiger partial charge in [-0.1, -0.05) is 83.7 Å². The molecular formula is C36H56O2. The molecule has 4 aliphatic rings. The van der Waals surface area contributed by atoms with Crippen LogP contribution in [0.25, 0.3) is 0 Å². The molecule has 10 unspecified atom stereocenters. The molecule has 0 radical (unpaired) electrons. The number of hydrogen-bond acceptors (Lipinski definition) is 2. The Hall–Kier alpha value is -1.15. The quantitative estimate of drug-likeness (QED) is 0.372. The number of ketones is 1. The molecule has 2 heteroatoms. The normalized spacial score (nSPS) is 40.4. The van der Waals surface area contributed by atoms with Crippen molar-refractivity contribution in [2.75, 3.05) is 0 Å². The van der Waals surface area contributed by atoms with Crippen molar-refractivity contribution in [2.24, 2.45) is 58.2 Å². The Kier molecular flexibility index (Phi) is 8.23. The Morgan fingerprint density at radius 3 is 2.47 bits per heavy atom. The van der Waals surface area contributed by atoms with Gasteiger partial charge in [-0.3, -0.25) is 4.79 Å². The SMILES string of the molecule is Cc1cccc(CC(O)C2CC3(C)C(CCC4C3CCC3(C)C(C(C)CCCC(C)C)CCC43)CC2=O)c1. The first kappa shape index (κ1) is 28.4. The van der Waals surface area contributed by atoms with Gasteiger partial charge >= 0.3 is 0 Å². The fourth-order valence-corrected chi connectivity index (χ4v) is 10.8. The smallest absolute Gasteiger partial charge is 0.138 e. The summed E-state index contributed by atoms with van der Waals surface area (Å²) in [5.41, 5.74) is 3.10. The van der Waals surface area contributed by atoms with Gasteiger partial charge in [-0.05, 0) is 116 Å². The number of hydrogen-bond donors (Lipinski definition) is 1. The van der Waals surface area contributed by atoms with Crippen molar-refractivity contribution >= 4 is 5.78 Å². The maximum Gasteiger partial charge on any atom is 0.138 e. The molecule has 1 aromatic carbocycles. The third-order valence-electron chi connectivity index (χ3n) is 12.8. The van der Waals surface area contributed by atoms with Gasteiger partial charge < -0.3 is 5.11 Å². The fraction of sp³-hybridized carbons (Fsp3) is 0.806. The van der Waals surface area contributed by atoms with E-state index in [1.165, 1.54) is 63.4 Å². The summed E-state index contributed by atoms with van der Waals surface area (Å²) in [5.74, 6) is 5.65. The highest BCUT2D eigenvalue weighted by atomic mass is 16.3. The maximum atomic E-state index is 13.4. The first-order valence-electron chi connectivity index (χ1n) is 16.3. The van der Waals surface area contributed by atoms with Crippen LogP contribution in [-0.2, 0) is 11.2 Å². The summed E-state index contributed by atoms with van der Waals surface area (Å²) in [6.45, 7) is 14.6. The summed E-state index contributed by atoms with van der Waals surface area (Å²) >= 11 is 0. The Morgan fingerprint density at radius 2 is 1.74 bits per heavy atom. The molecule has 0 saturated heterocycles. The minimum Gasteiger partial charge on any atom is -0.392 e. The molecule has 2 nitrogen and oxygen atoms in total. The monoisotopic (exact) mass is 520 g/mol. The lowest BCUT2D eigenvalue weighted by atomic mass is 9.43. The van der Waals surface area contributed by atoms with Crippen molar-refractivity contribution in [1.29, 1.82) is 0 Å². The second-order valence-corrected chi connectivity index (χ2v) is 15.4. The summed E-state index contributed by atoms with van der Waals surface area (Å²) in [6, 6.07) is 8.45. The van der Waals surface area contributed by atoms with E-state index in [2.05, 4.69) is 65.8 Å². The lowest BCUT2D eigenvalue weighted by Crippen LogP contribution is -2.56. The number of aliphatic hydroxyl groups is 1. The van der Waals surface area contributed by atoms with E-state index >= 15 is 0 Å². The van der Waals surface area contributed by atoms with E-state index in [1.807, 2.05) is 0 Å². The largest absolute Gasteiger partial charge is 0.392 e. The zero-order valence-electron chi connectivity index (χ0n) is 25.3. The predicted molar refractivity (Wildman–Crippen MR) is 158 cm³/mol. The second kappa shape index (κ2) is 11.0. The highest BCUT2D eigenvalue weighted by Crippen LogP contribution is 2.68. The van der Waals surface area contributed by atoms with Crippen LogP contribution in [0, 0.1) is 65.1 Å². The molecule has 1 N–H and O–H groups in total. The molecule has 0 spiro atoms. The topological polar surface area (TPSA) is 37.3 Å². The predicted octanol–water partition coefficient (Wildman–Crippen LogP) is 8.81. The first-order chi connectivity index (χ1) is 18.0. The van der Waals surface area contributed by atoms with Crippen molar-refractivity contribution in [3.8, 4) is 0 Å². The van der Waals surface area contributed by atoms with E-state index in [0.717, 1.165) is 47.5 Å². The van der Waals surface area contributed by atoms with Gasteiger partial charge in [-0.2, -0.15) is 0 Å². The van der Waals surface area contributed by atoms with Gasteiger partial charge in [-0.25, -0.2) is 0 Å². The van der Waals surface area contributed by atoms with Gasteiger partial charge in [0.1, 0.15) is 5.78 Å². The Labute approximate surface area is 233 Å². The minimum atomic E-state index is -0.557. The summed E-state index contributed by atoms with van der Waals surface area (Å²) < 4.78 is 0. The number of Topliss-reactive ketones (excluding diaryl/α,β-unsaturated/α-hetero) is 1. The first-order valence-corrected chi connectivity index (χ1v) is 16.3. The zero-order valence-corrected chi connectivity index (χ0v) is 25.3. The lowest BCUT2D eigenvalue weighted by Gasteiger charge is -2.61. The van der Waals surface area contributed by atoms with Crippen LogP contribution < -0.4 is 0 Å². The van der Waals surface area contributed by atoms with Crippen LogP contribution in [0.15, 0.2) is 24.3 Å². The molecule has 0 heterocycles. The minimum absolute atomic E-state index is 0.193. The molecule has 0 aromatic heterocycles. The average molecular weight is 521 g/mol. The Balaban J connectivity index is 1.30. The summed E-state index contributed by atoms with van der Waals surface area (Å²) in [7, 11) is 0. The lowest BCUT2D eigenvalue weighted by molar-refractivity contribution is -0.155. The molecular weight excluding hydrogens is 464 g/mol. The third kappa shape index (κ3) is 5.17. The third-order valence-corrected chi connectivity index (χ3v) is 12.8. The average Bonchev–Trinajstić information content (AvgIpc) is 3.21. The summed E-state index contributed by atoms with van der Waals surface area (Å²) in [6.07, 6.45) is 14.0. The van der Waals surface area contributed by atoms with Crippen LogP contribution in [0.3, 0.4) is 0 Å². The Morgan fingerprint density at radius 1 is 0.974 bits per heavy atom. The maximum absolute atomic E-state index is 13.4. The summed E-state index contributed by atoms with van der Waals surface area (Å²) in [5, 5.41) is 11.4. The number of fused-ring (bicyclic) bond motifs is 5. The molecule has 5 rings (SSSR count). The van der Waals surface area contributed by atoms with Crippen molar-refractivity contribution in [2.45, 2.75) is 125 Å². The van der Waals surface area contributed by atoms with Crippen LogP contribution in [-0.4, -0.2) is 17.0 Å². The number of aryl methyl sites for hydroxylation is 1. The highest BCUT2D eigenvalue weighted by Gasteiger charge is 2.61. The Bertz CT molecular complexity index is 981. The van der Waals surface area contributed by atoms with Crippen LogP contribution in [0.4, 0.5) is 0 Å². The van der Waals surface area contributed by atoms with Gasteiger partial charge in [0, 0.05) is 12.3 Å². The molecule has 38 heavy (non-hydrogen) atoms. The molecule has 4 saturated carbocycles. The molecule has 4 aliphatic carbocycles.